The lowest BCUT2D eigenvalue weighted by molar-refractivity contribution is -0.247. The number of hydrogen-bond acceptors (Lipinski definition) is 8. The van der Waals surface area contributed by atoms with Gasteiger partial charge in [0.2, 0.25) is 5.43 Å². The largest absolute Gasteiger partial charge is 0.496 e. The molecule has 0 spiro atoms. The molecular formula is C29H50NO10P. The molecule has 2 aromatic rings. The van der Waals surface area contributed by atoms with Gasteiger partial charge in [-0.1, -0.05) is 79.6 Å². The van der Waals surface area contributed by atoms with Crippen LogP contribution in [0.5, 0.6) is 11.5 Å². The Hall–Kier alpha value is -2.43. The molecule has 0 unspecified atom stereocenters. The lowest BCUT2D eigenvalue weighted by Crippen LogP contribution is -2.21. The van der Waals surface area contributed by atoms with Gasteiger partial charge in [-0.05, 0) is 26.3 Å². The number of ether oxygens (including phenoxy) is 3. The van der Waals surface area contributed by atoms with Crippen molar-refractivity contribution in [1.82, 2.24) is 4.57 Å². The number of esters is 1. The van der Waals surface area contributed by atoms with E-state index < -0.39 is 26.0 Å². The molecule has 0 aliphatic rings. The van der Waals surface area contributed by atoms with Crippen LogP contribution < -0.4 is 14.9 Å². The van der Waals surface area contributed by atoms with Crippen LogP contribution in [0.4, 0.5) is 0 Å². The molecule has 12 heteroatoms. The van der Waals surface area contributed by atoms with E-state index in [0.29, 0.717) is 24.7 Å². The minimum Gasteiger partial charge on any atom is -0.490 e. The molecule has 0 atom stereocenters. The maximum absolute atomic E-state index is 13.2. The number of pyridine rings is 1. The monoisotopic (exact) mass is 603 g/mol. The fraction of sp³-hybridized carbons (Fsp3) is 0.655. The summed E-state index contributed by atoms with van der Waals surface area (Å²) < 4.78 is 33.0. The lowest BCUT2D eigenvalue weighted by Gasteiger charge is -2.17. The highest BCUT2D eigenvalue weighted by Crippen LogP contribution is 2.36. The molecule has 236 valence electrons. The summed E-state index contributed by atoms with van der Waals surface area (Å²) in [5.74, 6) is -0.105. The van der Waals surface area contributed by atoms with Gasteiger partial charge in [0.15, 0.2) is 18.2 Å². The molecule has 0 bridgehead atoms. The van der Waals surface area contributed by atoms with Crippen molar-refractivity contribution in [3.8, 4) is 11.5 Å². The van der Waals surface area contributed by atoms with E-state index in [2.05, 4.69) is 16.5 Å². The number of hydrogen-bond donors (Lipinski definition) is 2. The normalized spacial score (nSPS) is 10.8. The third-order valence-corrected chi connectivity index (χ3v) is 5.84. The Labute approximate surface area is 244 Å². The fourth-order valence-corrected chi connectivity index (χ4v) is 3.99. The van der Waals surface area contributed by atoms with Gasteiger partial charge in [-0.25, -0.2) is 14.2 Å². The Morgan fingerprint density at radius 2 is 1.44 bits per heavy atom. The predicted molar refractivity (Wildman–Crippen MR) is 160 cm³/mol. The standard InChI is InChI=1S/C25H38NO10P.2C2H6/c1-4-7-8-9-10-11-12-13-14-34-22-15-19-21(16-23(22)32-5-2)26(18-35-36-37(29,30)31)17-20(24(19)27)25(28)33-6-3;2*1-2/h15-17H,4-14,18H2,1-3H3,(H2,29,30,31);2*1-2H3. The molecule has 0 radical (unpaired) electrons. The molecule has 0 aliphatic carbocycles. The van der Waals surface area contributed by atoms with Crippen LogP contribution in [0.25, 0.3) is 10.9 Å². The molecule has 2 rings (SSSR count). The van der Waals surface area contributed by atoms with Gasteiger partial charge in [0, 0.05) is 12.3 Å². The SMILES string of the molecule is CC.CC.CCCCCCCCCCOc1cc2c(=O)c(C(=O)OCC)cn(COOP(=O)(O)O)c2cc1OCC. The van der Waals surface area contributed by atoms with Gasteiger partial charge in [0.25, 0.3) is 0 Å². The highest BCUT2D eigenvalue weighted by Gasteiger charge is 2.21. The van der Waals surface area contributed by atoms with Gasteiger partial charge in [-0.2, -0.15) is 0 Å². The van der Waals surface area contributed by atoms with Crippen LogP contribution in [0.3, 0.4) is 0 Å². The quantitative estimate of drug-likeness (QED) is 0.0593. The van der Waals surface area contributed by atoms with Crippen molar-refractivity contribution < 1.29 is 42.9 Å². The van der Waals surface area contributed by atoms with Gasteiger partial charge in [-0.15, -0.1) is 4.67 Å². The second-order valence-corrected chi connectivity index (χ2v) is 9.58. The third-order valence-electron chi connectivity index (χ3n) is 5.54. The van der Waals surface area contributed by atoms with Crippen LogP contribution in [-0.4, -0.2) is 40.1 Å². The second kappa shape index (κ2) is 22.2. The molecule has 0 amide bonds. The number of fused-ring (bicyclic) bond motifs is 1. The van der Waals surface area contributed by atoms with E-state index in [9.17, 15) is 14.2 Å². The Morgan fingerprint density at radius 3 is 2.00 bits per heavy atom. The van der Waals surface area contributed by atoms with E-state index in [0.717, 1.165) is 19.3 Å². The fourth-order valence-electron chi connectivity index (χ4n) is 3.81. The number of rotatable bonds is 18. The van der Waals surface area contributed by atoms with E-state index in [1.54, 1.807) is 19.9 Å². The van der Waals surface area contributed by atoms with Crippen molar-refractivity contribution in [2.75, 3.05) is 19.8 Å². The minimum absolute atomic E-state index is 0.0599. The number of aromatic nitrogens is 1. The average molecular weight is 604 g/mol. The number of unbranched alkanes of at least 4 members (excludes halogenated alkanes) is 7. The van der Waals surface area contributed by atoms with Crippen LogP contribution >= 0.6 is 7.82 Å². The van der Waals surface area contributed by atoms with Crippen molar-refractivity contribution in [2.45, 2.75) is 107 Å². The van der Waals surface area contributed by atoms with Crippen LogP contribution in [0.2, 0.25) is 0 Å². The zero-order chi connectivity index (χ0) is 31.3. The number of phosphoric acid groups is 1. The first kappa shape index (κ1) is 38.6. The highest BCUT2D eigenvalue weighted by atomic mass is 31.2. The average Bonchev–Trinajstić information content (AvgIpc) is 2.95. The van der Waals surface area contributed by atoms with Crippen LogP contribution in [0.1, 0.15) is 110 Å². The van der Waals surface area contributed by atoms with Gasteiger partial charge < -0.3 is 28.6 Å². The van der Waals surface area contributed by atoms with E-state index in [1.807, 2.05) is 27.7 Å². The summed E-state index contributed by atoms with van der Waals surface area (Å²) in [5, 5.41) is 0.125. The number of benzene rings is 1. The van der Waals surface area contributed by atoms with Gasteiger partial charge in [-0.3, -0.25) is 4.79 Å². The lowest BCUT2D eigenvalue weighted by atomic mass is 10.1. The molecule has 1 aromatic heterocycles. The summed E-state index contributed by atoms with van der Waals surface area (Å²) in [7, 11) is -4.90. The molecular weight excluding hydrogens is 553 g/mol. The number of carbonyl (C=O) groups excluding carboxylic acids is 1. The summed E-state index contributed by atoms with van der Waals surface area (Å²) in [6.07, 6.45) is 10.4. The second-order valence-electron chi connectivity index (χ2n) is 8.45. The van der Waals surface area contributed by atoms with E-state index in [1.165, 1.54) is 48.9 Å². The van der Waals surface area contributed by atoms with Gasteiger partial charge in [0.05, 0.1) is 30.7 Å². The molecule has 41 heavy (non-hydrogen) atoms. The van der Waals surface area contributed by atoms with E-state index >= 15 is 0 Å². The maximum atomic E-state index is 13.2. The van der Waals surface area contributed by atoms with Gasteiger partial charge in [0.1, 0.15) is 5.56 Å². The van der Waals surface area contributed by atoms with Crippen LogP contribution in [0, 0.1) is 0 Å². The van der Waals surface area contributed by atoms with Crippen molar-refractivity contribution in [3.05, 3.63) is 34.1 Å². The van der Waals surface area contributed by atoms with Crippen molar-refractivity contribution in [1.29, 1.82) is 0 Å². The maximum Gasteiger partial charge on any atom is 0.496 e. The zero-order valence-electron chi connectivity index (χ0n) is 25.8. The Bertz CT molecular complexity index is 1110. The zero-order valence-corrected chi connectivity index (χ0v) is 26.7. The third kappa shape index (κ3) is 14.3. The predicted octanol–water partition coefficient (Wildman–Crippen LogP) is 7.15. The first-order chi connectivity index (χ1) is 19.7. The van der Waals surface area contributed by atoms with Crippen molar-refractivity contribution in [2.24, 2.45) is 0 Å². The van der Waals surface area contributed by atoms with E-state index in [4.69, 9.17) is 24.0 Å². The summed E-state index contributed by atoms with van der Waals surface area (Å²) in [5.41, 5.74) is -0.567. The summed E-state index contributed by atoms with van der Waals surface area (Å²) >= 11 is 0. The Morgan fingerprint density at radius 1 is 0.854 bits per heavy atom. The highest BCUT2D eigenvalue weighted by molar-refractivity contribution is 7.46. The van der Waals surface area contributed by atoms with Crippen LogP contribution in [0.15, 0.2) is 23.1 Å². The molecule has 0 saturated carbocycles. The van der Waals surface area contributed by atoms with Crippen molar-refractivity contribution >= 4 is 24.7 Å². The Kier molecular flexibility index (Phi) is 20.9. The smallest absolute Gasteiger partial charge is 0.490 e. The topological polar surface area (TPSA) is 143 Å². The van der Waals surface area contributed by atoms with Crippen molar-refractivity contribution in [3.63, 3.8) is 0 Å². The molecule has 11 nitrogen and oxygen atoms in total. The number of carbonyl (C=O) groups is 1. The van der Waals surface area contributed by atoms with Gasteiger partial charge >= 0.3 is 13.8 Å². The molecule has 2 N–H and O–H groups in total. The first-order valence-electron chi connectivity index (χ1n) is 14.7. The summed E-state index contributed by atoms with van der Waals surface area (Å²) in [6.45, 7) is 13.9. The number of nitrogens with zero attached hydrogens (tertiary/aromatic N) is 1. The van der Waals surface area contributed by atoms with E-state index in [-0.39, 0.29) is 23.1 Å². The molecule has 1 aromatic carbocycles. The molecule has 0 aliphatic heterocycles. The molecule has 1 heterocycles. The van der Waals surface area contributed by atoms with Crippen LogP contribution in [-0.2, 0) is 25.6 Å². The molecule has 0 fully saturated rings. The summed E-state index contributed by atoms with van der Waals surface area (Å²) in [6, 6.07) is 3.05. The molecule has 0 saturated heterocycles. The summed E-state index contributed by atoms with van der Waals surface area (Å²) in [4.78, 5) is 48.0. The minimum atomic E-state index is -4.90. The first-order valence-corrected chi connectivity index (χ1v) is 16.3. The Balaban J connectivity index is 0.00000382.